The van der Waals surface area contributed by atoms with E-state index in [9.17, 15) is 9.90 Å². The highest BCUT2D eigenvalue weighted by Crippen LogP contribution is 2.18. The van der Waals surface area contributed by atoms with Crippen molar-refractivity contribution in [3.05, 3.63) is 0 Å². The zero-order valence-corrected chi connectivity index (χ0v) is 8.65. The molecule has 5 heteroatoms. The molecule has 2 rings (SSSR count). The summed E-state index contributed by atoms with van der Waals surface area (Å²) in [6.07, 6.45) is 5.63. The first kappa shape index (κ1) is 10.6. The molecule has 15 heavy (non-hydrogen) atoms. The van der Waals surface area contributed by atoms with Gasteiger partial charge in [0.05, 0.1) is 12.3 Å². The third-order valence-corrected chi connectivity index (χ3v) is 2.95. The molecule has 0 saturated heterocycles. The largest absolute Gasteiger partial charge is 0.393 e. The zero-order valence-electron chi connectivity index (χ0n) is 8.65. The lowest BCUT2D eigenvalue weighted by molar-refractivity contribution is -0.114. The van der Waals surface area contributed by atoms with E-state index in [1.54, 1.807) is 0 Å². The van der Waals surface area contributed by atoms with E-state index in [-0.39, 0.29) is 18.3 Å². The van der Waals surface area contributed by atoms with Gasteiger partial charge >= 0.3 is 0 Å². The Hall–Kier alpha value is -0.940. The normalized spacial score (nSPS) is 36.3. The van der Waals surface area contributed by atoms with Gasteiger partial charge in [0.25, 0.3) is 5.91 Å². The Balaban J connectivity index is 1.79. The van der Waals surface area contributed by atoms with E-state index < -0.39 is 0 Å². The third kappa shape index (κ3) is 3.00. The molecule has 5 nitrogen and oxygen atoms in total. The van der Waals surface area contributed by atoms with Crippen LogP contribution in [0.3, 0.4) is 0 Å². The molecular formula is C10H17N3O2. The number of rotatable bonds is 2. The summed E-state index contributed by atoms with van der Waals surface area (Å²) in [4.78, 5) is 14.9. The van der Waals surface area contributed by atoms with Crippen molar-refractivity contribution in [2.45, 2.75) is 50.5 Å². The Kier molecular flexibility index (Phi) is 3.33. The summed E-state index contributed by atoms with van der Waals surface area (Å²) < 4.78 is 0. The number of carbonyl (C=O) groups excluding carboxylic acids is 1. The summed E-state index contributed by atoms with van der Waals surface area (Å²) in [6.45, 7) is 0. The molecule has 0 aromatic carbocycles. The standard InChI is InChI=1S/C10H17N3O2/c14-8-3-1-2-7(4-5-8)12-10-11-6-9(15)13-10/h6-8,10,12,14H,1-5H2,(H,13,15)/t7-,8+,10?/m0/s1. The number of carbonyl (C=O) groups is 1. The first-order valence-corrected chi connectivity index (χ1v) is 5.52. The summed E-state index contributed by atoms with van der Waals surface area (Å²) >= 11 is 0. The number of nitrogens with one attached hydrogen (secondary N) is 2. The molecule has 1 heterocycles. The number of hydrogen-bond acceptors (Lipinski definition) is 4. The second-order valence-corrected chi connectivity index (χ2v) is 4.21. The van der Waals surface area contributed by atoms with Crippen molar-refractivity contribution in [2.75, 3.05) is 0 Å². The van der Waals surface area contributed by atoms with Crippen LogP contribution in [0.5, 0.6) is 0 Å². The maximum atomic E-state index is 10.9. The predicted octanol–water partition coefficient (Wildman–Crippen LogP) is -0.246. The number of nitrogens with zero attached hydrogens (tertiary/aromatic N) is 1. The lowest BCUT2D eigenvalue weighted by Crippen LogP contribution is -2.45. The fourth-order valence-electron chi connectivity index (χ4n) is 2.11. The highest BCUT2D eigenvalue weighted by Gasteiger charge is 2.22. The topological polar surface area (TPSA) is 73.7 Å². The highest BCUT2D eigenvalue weighted by molar-refractivity contribution is 6.27. The quantitative estimate of drug-likeness (QED) is 0.552. The monoisotopic (exact) mass is 211 g/mol. The third-order valence-electron chi connectivity index (χ3n) is 2.95. The summed E-state index contributed by atoms with van der Waals surface area (Å²) in [5.74, 6) is -0.138. The first-order chi connectivity index (χ1) is 7.24. The van der Waals surface area contributed by atoms with Crippen molar-refractivity contribution < 1.29 is 9.90 Å². The van der Waals surface area contributed by atoms with Crippen LogP contribution in [0, 0.1) is 0 Å². The Morgan fingerprint density at radius 2 is 2.27 bits per heavy atom. The van der Waals surface area contributed by atoms with Crippen LogP contribution in [0.2, 0.25) is 0 Å². The van der Waals surface area contributed by atoms with Crippen molar-refractivity contribution in [1.29, 1.82) is 0 Å². The number of amides is 1. The maximum absolute atomic E-state index is 10.9. The van der Waals surface area contributed by atoms with Crippen molar-refractivity contribution in [2.24, 2.45) is 4.99 Å². The second kappa shape index (κ2) is 4.72. The van der Waals surface area contributed by atoms with Gasteiger partial charge in [-0.3, -0.25) is 10.1 Å². The van der Waals surface area contributed by atoms with Gasteiger partial charge in [-0.25, -0.2) is 4.99 Å². The van der Waals surface area contributed by atoms with E-state index in [2.05, 4.69) is 15.6 Å². The Labute approximate surface area is 89.0 Å². The zero-order chi connectivity index (χ0) is 10.7. The highest BCUT2D eigenvalue weighted by atomic mass is 16.3. The molecule has 1 saturated carbocycles. The molecule has 3 atom stereocenters. The van der Waals surface area contributed by atoms with E-state index in [4.69, 9.17) is 0 Å². The molecule has 3 N–H and O–H groups in total. The minimum Gasteiger partial charge on any atom is -0.393 e. The Morgan fingerprint density at radius 3 is 3.00 bits per heavy atom. The first-order valence-electron chi connectivity index (χ1n) is 5.52. The van der Waals surface area contributed by atoms with Crippen LogP contribution in [0.15, 0.2) is 4.99 Å². The SMILES string of the molecule is O=C1C=NC(N[C@H]2CCC[C@@H](O)CC2)N1. The Bertz CT molecular complexity index is 267. The molecule has 1 amide bonds. The predicted molar refractivity (Wildman–Crippen MR) is 56.4 cm³/mol. The fourth-order valence-corrected chi connectivity index (χ4v) is 2.11. The van der Waals surface area contributed by atoms with Crippen LogP contribution in [0.1, 0.15) is 32.1 Å². The smallest absolute Gasteiger partial charge is 0.264 e. The number of aliphatic hydroxyl groups excluding tert-OH is 1. The van der Waals surface area contributed by atoms with Crippen LogP contribution >= 0.6 is 0 Å². The number of aliphatic imine (C=N–C) groups is 1. The van der Waals surface area contributed by atoms with E-state index in [1.165, 1.54) is 6.21 Å². The van der Waals surface area contributed by atoms with E-state index in [1.807, 2.05) is 0 Å². The van der Waals surface area contributed by atoms with Gasteiger partial charge in [-0.15, -0.1) is 0 Å². The molecule has 0 spiro atoms. The van der Waals surface area contributed by atoms with Crippen molar-refractivity contribution in [3.8, 4) is 0 Å². The maximum Gasteiger partial charge on any atom is 0.264 e. The fraction of sp³-hybridized carbons (Fsp3) is 0.800. The van der Waals surface area contributed by atoms with Gasteiger partial charge in [-0.1, -0.05) is 0 Å². The second-order valence-electron chi connectivity index (χ2n) is 4.21. The lowest BCUT2D eigenvalue weighted by Gasteiger charge is -2.19. The van der Waals surface area contributed by atoms with Gasteiger partial charge in [0.2, 0.25) is 0 Å². The van der Waals surface area contributed by atoms with E-state index in [0.717, 1.165) is 32.1 Å². The van der Waals surface area contributed by atoms with Crippen LogP contribution in [-0.4, -0.2) is 35.7 Å². The summed E-state index contributed by atoms with van der Waals surface area (Å²) in [5.41, 5.74) is 0. The minimum atomic E-state index is -0.266. The molecule has 1 aliphatic heterocycles. The molecule has 1 aliphatic carbocycles. The molecule has 0 radical (unpaired) electrons. The molecule has 84 valence electrons. The molecule has 0 aromatic rings. The van der Waals surface area contributed by atoms with Crippen molar-refractivity contribution in [3.63, 3.8) is 0 Å². The summed E-state index contributed by atoms with van der Waals surface area (Å²) in [5, 5.41) is 15.4. The number of hydrogen-bond donors (Lipinski definition) is 3. The van der Waals surface area contributed by atoms with E-state index in [0.29, 0.717) is 6.04 Å². The van der Waals surface area contributed by atoms with Gasteiger partial charge in [0, 0.05) is 6.04 Å². The minimum absolute atomic E-state index is 0.138. The van der Waals surface area contributed by atoms with Gasteiger partial charge in [0.15, 0.2) is 6.29 Å². The van der Waals surface area contributed by atoms with Gasteiger partial charge in [0.1, 0.15) is 0 Å². The summed E-state index contributed by atoms with van der Waals surface area (Å²) in [7, 11) is 0. The number of aliphatic hydroxyl groups is 1. The molecule has 0 bridgehead atoms. The van der Waals surface area contributed by atoms with Crippen molar-refractivity contribution in [1.82, 2.24) is 10.6 Å². The molecule has 0 aromatic heterocycles. The average Bonchev–Trinajstić information content (AvgIpc) is 2.48. The lowest BCUT2D eigenvalue weighted by atomic mass is 10.1. The van der Waals surface area contributed by atoms with Gasteiger partial charge in [-0.2, -0.15) is 0 Å². The van der Waals surface area contributed by atoms with Gasteiger partial charge < -0.3 is 10.4 Å². The Morgan fingerprint density at radius 1 is 1.40 bits per heavy atom. The van der Waals surface area contributed by atoms with Crippen LogP contribution in [-0.2, 0) is 4.79 Å². The van der Waals surface area contributed by atoms with Crippen molar-refractivity contribution >= 4 is 12.1 Å². The molecular weight excluding hydrogens is 194 g/mol. The van der Waals surface area contributed by atoms with Crippen LogP contribution < -0.4 is 10.6 Å². The van der Waals surface area contributed by atoms with E-state index >= 15 is 0 Å². The van der Waals surface area contributed by atoms with Crippen LogP contribution in [0.25, 0.3) is 0 Å². The molecule has 1 unspecified atom stereocenters. The van der Waals surface area contributed by atoms with Crippen LogP contribution in [0.4, 0.5) is 0 Å². The average molecular weight is 211 g/mol. The van der Waals surface area contributed by atoms with Gasteiger partial charge in [-0.05, 0) is 32.1 Å². The molecule has 2 aliphatic rings. The summed E-state index contributed by atoms with van der Waals surface area (Å²) in [6, 6.07) is 0.350. The molecule has 1 fully saturated rings.